The molecule has 148 valence electrons. The molecule has 1 fully saturated rings. The summed E-state index contributed by atoms with van der Waals surface area (Å²) in [5, 5.41) is 4.20. The smallest absolute Gasteiger partial charge is 0.229 e. The monoisotopic (exact) mass is 400 g/mol. The van der Waals surface area contributed by atoms with Crippen molar-refractivity contribution in [1.29, 1.82) is 0 Å². The third kappa shape index (κ3) is 5.57. The van der Waals surface area contributed by atoms with Gasteiger partial charge in [-0.05, 0) is 54.8 Å². The Hall–Kier alpha value is -2.37. The molecule has 0 unspecified atom stereocenters. The summed E-state index contributed by atoms with van der Waals surface area (Å²) < 4.78 is 5.77. The zero-order valence-electron chi connectivity index (χ0n) is 16.0. The number of halogens is 1. The van der Waals surface area contributed by atoms with Crippen molar-refractivity contribution in [1.82, 2.24) is 10.2 Å². The zero-order valence-corrected chi connectivity index (χ0v) is 16.8. The van der Waals surface area contributed by atoms with Crippen molar-refractivity contribution < 1.29 is 14.3 Å². The molecule has 1 aliphatic heterocycles. The molecule has 0 saturated carbocycles. The van der Waals surface area contributed by atoms with E-state index in [1.807, 2.05) is 43.3 Å². The molecule has 1 aliphatic rings. The van der Waals surface area contributed by atoms with Crippen LogP contribution in [0.2, 0.25) is 5.02 Å². The number of hydrogen-bond donors (Lipinski definition) is 1. The van der Waals surface area contributed by atoms with Gasteiger partial charge in [0.2, 0.25) is 11.8 Å². The highest BCUT2D eigenvalue weighted by Gasteiger charge is 2.28. The second-order valence-electron chi connectivity index (χ2n) is 6.94. The first-order chi connectivity index (χ1) is 13.5. The summed E-state index contributed by atoms with van der Waals surface area (Å²) in [5.74, 6) is 0.569. The highest BCUT2D eigenvalue weighted by Crippen LogP contribution is 2.20. The van der Waals surface area contributed by atoms with E-state index in [1.165, 1.54) is 16.0 Å². The van der Waals surface area contributed by atoms with Gasteiger partial charge in [-0.1, -0.05) is 35.9 Å². The predicted octanol–water partition coefficient (Wildman–Crippen LogP) is 3.51. The number of amides is 2. The fourth-order valence-electron chi connectivity index (χ4n) is 3.22. The van der Waals surface area contributed by atoms with Crippen molar-refractivity contribution in [2.75, 3.05) is 19.7 Å². The van der Waals surface area contributed by atoms with Gasteiger partial charge in [-0.25, -0.2) is 0 Å². The Balaban J connectivity index is 1.41. The van der Waals surface area contributed by atoms with Crippen molar-refractivity contribution in [2.45, 2.75) is 32.7 Å². The molecule has 0 atom stereocenters. The molecule has 5 nitrogen and oxygen atoms in total. The molecule has 1 N–H and O–H groups in total. The van der Waals surface area contributed by atoms with Gasteiger partial charge in [-0.2, -0.15) is 0 Å². The molecule has 1 saturated heterocycles. The second-order valence-corrected chi connectivity index (χ2v) is 7.38. The maximum Gasteiger partial charge on any atom is 0.229 e. The summed E-state index contributed by atoms with van der Waals surface area (Å²) in [6.07, 6.45) is 1.58. The molecular formula is C22H25ClN2O3. The van der Waals surface area contributed by atoms with Gasteiger partial charge in [0.15, 0.2) is 0 Å². The summed E-state index contributed by atoms with van der Waals surface area (Å²) in [4.78, 5) is 24.5. The van der Waals surface area contributed by atoms with Crippen molar-refractivity contribution in [3.05, 3.63) is 64.2 Å². The van der Waals surface area contributed by atoms with Gasteiger partial charge in [0.25, 0.3) is 0 Å². The topological polar surface area (TPSA) is 58.6 Å². The fourth-order valence-corrected chi connectivity index (χ4v) is 3.35. The van der Waals surface area contributed by atoms with Gasteiger partial charge in [-0.3, -0.25) is 14.5 Å². The summed E-state index contributed by atoms with van der Waals surface area (Å²) in [6.45, 7) is 4.29. The van der Waals surface area contributed by atoms with E-state index in [0.29, 0.717) is 26.0 Å². The molecule has 0 radical (unpaired) electrons. The average molecular weight is 401 g/mol. The Morgan fingerprint density at radius 1 is 1.04 bits per heavy atom. The number of benzene rings is 2. The van der Waals surface area contributed by atoms with E-state index < -0.39 is 0 Å². The summed E-state index contributed by atoms with van der Waals surface area (Å²) in [7, 11) is 0. The van der Waals surface area contributed by atoms with E-state index in [2.05, 4.69) is 11.4 Å². The lowest BCUT2D eigenvalue weighted by molar-refractivity contribution is -0.138. The lowest BCUT2D eigenvalue weighted by atomic mass is 10.1. The Bertz CT molecular complexity index is 820. The Morgan fingerprint density at radius 3 is 2.39 bits per heavy atom. The van der Waals surface area contributed by atoms with E-state index in [0.717, 1.165) is 35.8 Å². The highest BCUT2D eigenvalue weighted by molar-refractivity contribution is 6.30. The minimum atomic E-state index is -0.106. The molecular weight excluding hydrogens is 376 g/mol. The highest BCUT2D eigenvalue weighted by atomic mass is 35.5. The first-order valence-corrected chi connectivity index (χ1v) is 9.91. The molecule has 3 rings (SSSR count). The molecule has 2 amide bonds. The standard InChI is InChI=1S/C22H25ClN2O3/c1-16-14-18(15-24-11-10-17-2-5-19(23)6-3-17)4-7-20(16)28-13-12-25-21(26)8-9-22(25)27/h2-7,14,24H,8-13,15H2,1H3. The maximum atomic E-state index is 11.6. The zero-order chi connectivity index (χ0) is 19.9. The van der Waals surface area contributed by atoms with Crippen LogP contribution in [-0.2, 0) is 22.6 Å². The Kier molecular flexibility index (Phi) is 7.06. The first-order valence-electron chi connectivity index (χ1n) is 9.53. The average Bonchev–Trinajstić information content (AvgIpc) is 3.00. The van der Waals surface area contributed by atoms with Crippen LogP contribution in [0.3, 0.4) is 0 Å². The number of hydrogen-bond acceptors (Lipinski definition) is 4. The molecule has 28 heavy (non-hydrogen) atoms. The van der Waals surface area contributed by atoms with Crippen LogP contribution in [0.25, 0.3) is 0 Å². The molecule has 1 heterocycles. The van der Waals surface area contributed by atoms with Crippen molar-refractivity contribution >= 4 is 23.4 Å². The molecule has 2 aromatic rings. The van der Waals surface area contributed by atoms with Crippen LogP contribution in [-0.4, -0.2) is 36.4 Å². The van der Waals surface area contributed by atoms with E-state index in [1.54, 1.807) is 0 Å². The number of imide groups is 1. The third-order valence-corrected chi connectivity index (χ3v) is 5.05. The van der Waals surface area contributed by atoms with Crippen molar-refractivity contribution in [3.8, 4) is 5.75 Å². The number of likely N-dealkylation sites (tertiary alicyclic amines) is 1. The summed E-state index contributed by atoms with van der Waals surface area (Å²) in [6, 6.07) is 14.0. The van der Waals surface area contributed by atoms with Crippen LogP contribution >= 0.6 is 11.6 Å². The molecule has 0 bridgehead atoms. The van der Waals surface area contributed by atoms with Crippen LogP contribution in [0.15, 0.2) is 42.5 Å². The number of rotatable bonds is 9. The quantitative estimate of drug-likeness (QED) is 0.517. The fraction of sp³-hybridized carbons (Fsp3) is 0.364. The van der Waals surface area contributed by atoms with Crippen LogP contribution in [0.4, 0.5) is 0 Å². The maximum absolute atomic E-state index is 11.6. The number of carbonyl (C=O) groups is 2. The van der Waals surface area contributed by atoms with Gasteiger partial charge in [0.05, 0.1) is 6.54 Å². The molecule has 0 aliphatic carbocycles. The normalized spacial score (nSPS) is 14.0. The van der Waals surface area contributed by atoms with E-state index in [9.17, 15) is 9.59 Å². The number of ether oxygens (including phenoxy) is 1. The predicted molar refractivity (Wildman–Crippen MR) is 109 cm³/mol. The first kappa shape index (κ1) is 20.4. The molecule has 6 heteroatoms. The number of carbonyl (C=O) groups excluding carboxylic acids is 2. The Labute approximate surface area is 170 Å². The van der Waals surface area contributed by atoms with Crippen LogP contribution in [0.1, 0.15) is 29.5 Å². The molecule has 0 spiro atoms. The van der Waals surface area contributed by atoms with E-state index in [4.69, 9.17) is 16.3 Å². The largest absolute Gasteiger partial charge is 0.491 e. The number of nitrogens with one attached hydrogen (secondary N) is 1. The van der Waals surface area contributed by atoms with Gasteiger partial charge >= 0.3 is 0 Å². The molecule has 0 aromatic heterocycles. The Morgan fingerprint density at radius 2 is 1.71 bits per heavy atom. The van der Waals surface area contributed by atoms with Crippen LogP contribution in [0, 0.1) is 6.92 Å². The van der Waals surface area contributed by atoms with E-state index >= 15 is 0 Å². The lowest BCUT2D eigenvalue weighted by Crippen LogP contribution is -2.33. The second kappa shape index (κ2) is 9.71. The summed E-state index contributed by atoms with van der Waals surface area (Å²) >= 11 is 5.90. The minimum absolute atomic E-state index is 0.106. The van der Waals surface area contributed by atoms with Crippen LogP contribution < -0.4 is 10.1 Å². The molecule has 2 aromatic carbocycles. The van der Waals surface area contributed by atoms with Gasteiger partial charge in [0, 0.05) is 24.4 Å². The van der Waals surface area contributed by atoms with Crippen LogP contribution in [0.5, 0.6) is 5.75 Å². The summed E-state index contributed by atoms with van der Waals surface area (Å²) in [5.41, 5.74) is 3.48. The van der Waals surface area contributed by atoms with Gasteiger partial charge in [-0.15, -0.1) is 0 Å². The third-order valence-electron chi connectivity index (χ3n) is 4.80. The van der Waals surface area contributed by atoms with Crippen molar-refractivity contribution in [3.63, 3.8) is 0 Å². The lowest BCUT2D eigenvalue weighted by Gasteiger charge is -2.15. The van der Waals surface area contributed by atoms with Gasteiger partial charge in [0.1, 0.15) is 12.4 Å². The number of nitrogens with zero attached hydrogens (tertiary/aromatic N) is 1. The van der Waals surface area contributed by atoms with Crippen molar-refractivity contribution in [2.24, 2.45) is 0 Å². The number of aryl methyl sites for hydroxylation is 1. The van der Waals surface area contributed by atoms with E-state index in [-0.39, 0.29) is 11.8 Å². The SMILES string of the molecule is Cc1cc(CNCCc2ccc(Cl)cc2)ccc1OCCN1C(=O)CCC1=O. The minimum Gasteiger partial charge on any atom is -0.491 e. The van der Waals surface area contributed by atoms with Gasteiger partial charge < -0.3 is 10.1 Å².